The number of rotatable bonds is 5. The third kappa shape index (κ3) is 4.82. The summed E-state index contributed by atoms with van der Waals surface area (Å²) in [6.45, 7) is 3.39. The molecule has 0 spiro atoms. The maximum atomic E-state index is 13.3. The van der Waals surface area contributed by atoms with Crippen LogP contribution < -0.4 is 15.8 Å². The van der Waals surface area contributed by atoms with E-state index in [-0.39, 0.29) is 23.2 Å². The predicted molar refractivity (Wildman–Crippen MR) is 119 cm³/mol. The van der Waals surface area contributed by atoms with Crippen molar-refractivity contribution < 1.29 is 9.18 Å². The van der Waals surface area contributed by atoms with Crippen molar-refractivity contribution in [1.82, 2.24) is 9.78 Å². The highest BCUT2D eigenvalue weighted by Crippen LogP contribution is 2.23. The zero-order chi connectivity index (χ0) is 21.8. The van der Waals surface area contributed by atoms with Crippen LogP contribution in [-0.2, 0) is 11.2 Å². The van der Waals surface area contributed by atoms with E-state index in [2.05, 4.69) is 22.2 Å². The zero-order valence-corrected chi connectivity index (χ0v) is 17.4. The molecule has 3 aromatic rings. The molecule has 1 aliphatic rings. The average molecular weight is 420 g/mol. The largest absolute Gasteiger partial charge is 0.355 e. The first-order valence-corrected chi connectivity index (χ1v) is 10.5. The van der Waals surface area contributed by atoms with Gasteiger partial charge in [-0.2, -0.15) is 4.68 Å². The van der Waals surface area contributed by atoms with Gasteiger partial charge < -0.3 is 10.2 Å². The number of aryl methyl sites for hydroxylation is 1. The Balaban J connectivity index is 1.42. The van der Waals surface area contributed by atoms with Gasteiger partial charge in [0.2, 0.25) is 5.91 Å². The quantitative estimate of drug-likeness (QED) is 0.682. The van der Waals surface area contributed by atoms with E-state index in [4.69, 9.17) is 0 Å². The van der Waals surface area contributed by atoms with Crippen molar-refractivity contribution in [1.29, 1.82) is 0 Å². The van der Waals surface area contributed by atoms with Gasteiger partial charge in [-0.3, -0.25) is 9.59 Å². The summed E-state index contributed by atoms with van der Waals surface area (Å²) in [4.78, 5) is 27.0. The second kappa shape index (κ2) is 9.12. The molecule has 0 saturated carbocycles. The maximum absolute atomic E-state index is 13.3. The molecule has 4 rings (SSSR count). The van der Waals surface area contributed by atoms with Crippen molar-refractivity contribution >= 4 is 17.4 Å². The molecule has 0 atom stereocenters. The van der Waals surface area contributed by atoms with Gasteiger partial charge in [-0.15, -0.1) is 5.10 Å². The molecule has 2 aromatic carbocycles. The second-order valence-corrected chi connectivity index (χ2v) is 7.72. The molecule has 0 bridgehead atoms. The summed E-state index contributed by atoms with van der Waals surface area (Å²) in [5, 5.41) is 7.35. The Bertz CT molecular complexity index is 1120. The normalized spacial score (nSPS) is 14.5. The first-order valence-electron chi connectivity index (χ1n) is 10.5. The van der Waals surface area contributed by atoms with E-state index < -0.39 is 0 Å². The fourth-order valence-electron chi connectivity index (χ4n) is 3.81. The number of anilines is 2. The van der Waals surface area contributed by atoms with Crippen molar-refractivity contribution in [3.8, 4) is 5.69 Å². The average Bonchev–Trinajstić information content (AvgIpc) is 2.80. The number of halogens is 1. The lowest BCUT2D eigenvalue weighted by Gasteiger charge is -2.32. The van der Waals surface area contributed by atoms with Gasteiger partial charge in [-0.25, -0.2) is 4.39 Å². The van der Waals surface area contributed by atoms with Gasteiger partial charge >= 0.3 is 0 Å². The van der Waals surface area contributed by atoms with E-state index in [1.165, 1.54) is 28.4 Å². The smallest absolute Gasteiger partial charge is 0.271 e. The monoisotopic (exact) mass is 420 g/mol. The Labute approximate surface area is 180 Å². The molecular weight excluding hydrogens is 395 g/mol. The van der Waals surface area contributed by atoms with Gasteiger partial charge in [0.1, 0.15) is 11.6 Å². The van der Waals surface area contributed by atoms with Crippen LogP contribution in [0.25, 0.3) is 5.69 Å². The van der Waals surface area contributed by atoms with Crippen LogP contribution in [0.3, 0.4) is 0 Å². The minimum atomic E-state index is -0.377. The standard InChI is InChI=1S/C24H25FN4O2/c1-2-17-6-8-21(9-7-17)29-23(30)11-10-22(27-29)28-14-12-18(13-15-28)24(31)26-20-5-3-4-19(25)16-20/h3-11,16,18H,2,12-15H2,1H3,(H,26,31). The number of hydrogen-bond acceptors (Lipinski definition) is 4. The molecule has 1 fully saturated rings. The summed E-state index contributed by atoms with van der Waals surface area (Å²) in [7, 11) is 0. The minimum absolute atomic E-state index is 0.0980. The third-order valence-electron chi connectivity index (χ3n) is 5.66. The molecule has 1 aliphatic heterocycles. The molecule has 1 saturated heterocycles. The molecule has 6 nitrogen and oxygen atoms in total. The summed E-state index contributed by atoms with van der Waals surface area (Å²) in [5.41, 5.74) is 2.22. The number of carbonyl (C=O) groups excluding carboxylic acids is 1. The number of carbonyl (C=O) groups is 1. The van der Waals surface area contributed by atoms with Crippen LogP contribution in [0.1, 0.15) is 25.3 Å². The Hall–Kier alpha value is -3.48. The summed E-state index contributed by atoms with van der Waals surface area (Å²) < 4.78 is 14.7. The van der Waals surface area contributed by atoms with Crippen molar-refractivity contribution in [3.05, 3.63) is 82.4 Å². The number of hydrogen-bond donors (Lipinski definition) is 1. The highest BCUT2D eigenvalue weighted by Gasteiger charge is 2.26. The molecule has 1 aromatic heterocycles. The number of benzene rings is 2. The molecule has 160 valence electrons. The summed E-state index contributed by atoms with van der Waals surface area (Å²) in [5.74, 6) is 0.0903. The number of amides is 1. The molecule has 2 heterocycles. The lowest BCUT2D eigenvalue weighted by molar-refractivity contribution is -0.120. The molecule has 0 aliphatic carbocycles. The number of aromatic nitrogens is 2. The van der Waals surface area contributed by atoms with Crippen LogP contribution in [0.2, 0.25) is 0 Å². The first-order chi connectivity index (χ1) is 15.0. The summed E-state index contributed by atoms with van der Waals surface area (Å²) in [6, 6.07) is 17.0. The van der Waals surface area contributed by atoms with E-state index in [0.29, 0.717) is 37.4 Å². The molecule has 31 heavy (non-hydrogen) atoms. The SMILES string of the molecule is CCc1ccc(-n2nc(N3CCC(C(=O)Nc4cccc(F)c4)CC3)ccc2=O)cc1. The minimum Gasteiger partial charge on any atom is -0.355 e. The Kier molecular flexibility index (Phi) is 6.11. The first kappa shape index (κ1) is 20.8. The topological polar surface area (TPSA) is 67.2 Å². The predicted octanol–water partition coefficient (Wildman–Crippen LogP) is 3.79. The van der Waals surface area contributed by atoms with Crippen LogP contribution in [0.4, 0.5) is 15.9 Å². The molecule has 1 amide bonds. The van der Waals surface area contributed by atoms with Crippen LogP contribution in [-0.4, -0.2) is 28.8 Å². The molecule has 0 radical (unpaired) electrons. The maximum Gasteiger partial charge on any atom is 0.271 e. The van der Waals surface area contributed by atoms with Crippen LogP contribution in [0.5, 0.6) is 0 Å². The van der Waals surface area contributed by atoms with Gasteiger partial charge in [0, 0.05) is 30.8 Å². The Morgan fingerprint density at radius 3 is 2.52 bits per heavy atom. The van der Waals surface area contributed by atoms with Crippen molar-refractivity contribution in [2.24, 2.45) is 5.92 Å². The fraction of sp³-hybridized carbons (Fsp3) is 0.292. The number of nitrogens with one attached hydrogen (secondary N) is 1. The lowest BCUT2D eigenvalue weighted by atomic mass is 9.96. The van der Waals surface area contributed by atoms with Crippen LogP contribution >= 0.6 is 0 Å². The van der Waals surface area contributed by atoms with Gasteiger partial charge in [0.05, 0.1) is 5.69 Å². The van der Waals surface area contributed by atoms with Gasteiger partial charge in [0.15, 0.2) is 0 Å². The number of nitrogens with zero attached hydrogens (tertiary/aromatic N) is 3. The van der Waals surface area contributed by atoms with Crippen LogP contribution in [0, 0.1) is 11.7 Å². The van der Waals surface area contributed by atoms with E-state index in [9.17, 15) is 14.0 Å². The third-order valence-corrected chi connectivity index (χ3v) is 5.66. The van der Waals surface area contributed by atoms with Crippen molar-refractivity contribution in [2.45, 2.75) is 26.2 Å². The zero-order valence-electron chi connectivity index (χ0n) is 17.4. The van der Waals surface area contributed by atoms with E-state index >= 15 is 0 Å². The van der Waals surface area contributed by atoms with E-state index in [1.807, 2.05) is 24.3 Å². The molecular formula is C24H25FN4O2. The van der Waals surface area contributed by atoms with Gasteiger partial charge in [-0.1, -0.05) is 25.1 Å². The molecule has 0 unspecified atom stereocenters. The number of piperidine rings is 1. The van der Waals surface area contributed by atoms with Gasteiger partial charge in [0.25, 0.3) is 5.56 Å². The van der Waals surface area contributed by atoms with Gasteiger partial charge in [-0.05, 0) is 61.2 Å². The second-order valence-electron chi connectivity index (χ2n) is 7.72. The van der Waals surface area contributed by atoms with Crippen LogP contribution in [0.15, 0.2) is 65.5 Å². The summed E-state index contributed by atoms with van der Waals surface area (Å²) >= 11 is 0. The highest BCUT2D eigenvalue weighted by atomic mass is 19.1. The fourth-order valence-corrected chi connectivity index (χ4v) is 3.81. The van der Waals surface area contributed by atoms with E-state index in [0.717, 1.165) is 12.1 Å². The summed E-state index contributed by atoms with van der Waals surface area (Å²) in [6.07, 6.45) is 2.25. The highest BCUT2D eigenvalue weighted by molar-refractivity contribution is 5.92. The van der Waals surface area contributed by atoms with E-state index in [1.54, 1.807) is 18.2 Å². The molecule has 1 N–H and O–H groups in total. The van der Waals surface area contributed by atoms with Crippen molar-refractivity contribution in [3.63, 3.8) is 0 Å². The van der Waals surface area contributed by atoms with Crippen molar-refractivity contribution in [2.75, 3.05) is 23.3 Å². The Morgan fingerprint density at radius 1 is 1.10 bits per heavy atom. The molecule has 7 heteroatoms. The lowest BCUT2D eigenvalue weighted by Crippen LogP contribution is -2.39. The Morgan fingerprint density at radius 2 is 1.84 bits per heavy atom.